The Morgan fingerprint density at radius 2 is 1.52 bits per heavy atom. The van der Waals surface area contributed by atoms with Gasteiger partial charge >= 0.3 is 11.8 Å². The minimum absolute atomic E-state index is 0.220. The Morgan fingerprint density at radius 3 is 2.14 bits per heavy atom. The Hall–Kier alpha value is -2.62. The van der Waals surface area contributed by atoms with Crippen LogP contribution in [0.1, 0.15) is 24.1 Å². The number of nitrogens with one attached hydrogen (secondary N) is 2. The van der Waals surface area contributed by atoms with Crippen molar-refractivity contribution < 1.29 is 9.59 Å². The van der Waals surface area contributed by atoms with Gasteiger partial charge in [0.15, 0.2) is 0 Å². The number of hydrogen-bond donors (Lipinski definition) is 2. The molecule has 0 aromatic heterocycles. The molecule has 1 unspecified atom stereocenters. The molecule has 0 saturated heterocycles. The number of anilines is 1. The minimum atomic E-state index is -0.665. The molecule has 1 atom stereocenters. The summed E-state index contributed by atoms with van der Waals surface area (Å²) in [5.74, 6) is -1.31. The van der Waals surface area contributed by atoms with Gasteiger partial charge in [0.2, 0.25) is 0 Å². The lowest BCUT2D eigenvalue weighted by Gasteiger charge is -2.14. The number of rotatable bonds is 3. The maximum Gasteiger partial charge on any atom is 0.313 e. The molecule has 21 heavy (non-hydrogen) atoms. The van der Waals surface area contributed by atoms with E-state index in [0.717, 1.165) is 11.1 Å². The van der Waals surface area contributed by atoms with Crippen molar-refractivity contribution in [1.29, 1.82) is 0 Å². The van der Waals surface area contributed by atoms with Crippen molar-refractivity contribution in [2.75, 3.05) is 5.32 Å². The van der Waals surface area contributed by atoms with Crippen LogP contribution in [0, 0.1) is 6.92 Å². The van der Waals surface area contributed by atoms with E-state index in [1.807, 2.05) is 56.3 Å². The summed E-state index contributed by atoms with van der Waals surface area (Å²) in [4.78, 5) is 23.7. The predicted octanol–water partition coefficient (Wildman–Crippen LogP) is 2.81. The Morgan fingerprint density at radius 1 is 0.905 bits per heavy atom. The van der Waals surface area contributed by atoms with E-state index >= 15 is 0 Å². The maximum absolute atomic E-state index is 11.9. The fourth-order valence-corrected chi connectivity index (χ4v) is 1.91. The summed E-state index contributed by atoms with van der Waals surface area (Å²) in [6.07, 6.45) is 0. The fourth-order valence-electron chi connectivity index (χ4n) is 1.91. The molecule has 0 fully saturated rings. The van der Waals surface area contributed by atoms with Crippen molar-refractivity contribution >= 4 is 17.5 Å². The second kappa shape index (κ2) is 6.70. The first-order valence-corrected chi connectivity index (χ1v) is 6.79. The van der Waals surface area contributed by atoms with Crippen LogP contribution in [-0.2, 0) is 9.59 Å². The summed E-state index contributed by atoms with van der Waals surface area (Å²) in [5, 5.41) is 5.25. The second-order valence-corrected chi connectivity index (χ2v) is 4.93. The highest BCUT2D eigenvalue weighted by Gasteiger charge is 2.16. The van der Waals surface area contributed by atoms with Gasteiger partial charge in [0, 0.05) is 5.69 Å². The average Bonchev–Trinajstić information content (AvgIpc) is 2.50. The van der Waals surface area contributed by atoms with Crippen LogP contribution in [0.15, 0.2) is 54.6 Å². The summed E-state index contributed by atoms with van der Waals surface area (Å²) in [6.45, 7) is 3.80. The smallest absolute Gasteiger partial charge is 0.313 e. The van der Waals surface area contributed by atoms with Gasteiger partial charge in [-0.25, -0.2) is 0 Å². The fraction of sp³-hybridized carbons (Fsp3) is 0.176. The van der Waals surface area contributed by atoms with Crippen LogP contribution in [0.5, 0.6) is 0 Å². The SMILES string of the molecule is Cc1ccc(NC(=O)C(=O)NC(C)c2ccccc2)cc1. The van der Waals surface area contributed by atoms with Gasteiger partial charge in [-0.3, -0.25) is 9.59 Å². The summed E-state index contributed by atoms with van der Waals surface area (Å²) in [5.41, 5.74) is 2.65. The van der Waals surface area contributed by atoms with Crippen molar-refractivity contribution in [2.45, 2.75) is 19.9 Å². The van der Waals surface area contributed by atoms with E-state index in [-0.39, 0.29) is 6.04 Å². The van der Waals surface area contributed by atoms with E-state index < -0.39 is 11.8 Å². The minimum Gasteiger partial charge on any atom is -0.341 e. The molecule has 4 heteroatoms. The molecule has 2 rings (SSSR count). The molecule has 2 N–H and O–H groups in total. The van der Waals surface area contributed by atoms with E-state index in [1.54, 1.807) is 12.1 Å². The molecule has 2 amide bonds. The van der Waals surface area contributed by atoms with E-state index in [9.17, 15) is 9.59 Å². The Balaban J connectivity index is 1.93. The lowest BCUT2D eigenvalue weighted by atomic mass is 10.1. The number of aryl methyl sites for hydroxylation is 1. The maximum atomic E-state index is 11.9. The number of carbonyl (C=O) groups is 2. The molecule has 0 aliphatic rings. The molecule has 4 nitrogen and oxygen atoms in total. The van der Waals surface area contributed by atoms with E-state index in [1.165, 1.54) is 0 Å². The molecule has 2 aromatic rings. The van der Waals surface area contributed by atoms with Crippen LogP contribution in [-0.4, -0.2) is 11.8 Å². The zero-order chi connectivity index (χ0) is 15.2. The van der Waals surface area contributed by atoms with Crippen molar-refractivity contribution in [3.63, 3.8) is 0 Å². The monoisotopic (exact) mass is 282 g/mol. The summed E-state index contributed by atoms with van der Waals surface area (Å²) < 4.78 is 0. The Labute approximate surface area is 124 Å². The number of carbonyl (C=O) groups excluding carboxylic acids is 2. The van der Waals surface area contributed by atoms with Gasteiger partial charge in [0.1, 0.15) is 0 Å². The van der Waals surface area contributed by atoms with Crippen LogP contribution >= 0.6 is 0 Å². The van der Waals surface area contributed by atoms with E-state index in [4.69, 9.17) is 0 Å². The standard InChI is InChI=1S/C17H18N2O2/c1-12-8-10-15(11-9-12)19-17(21)16(20)18-13(2)14-6-4-3-5-7-14/h3-11,13H,1-2H3,(H,18,20)(H,19,21). The summed E-state index contributed by atoms with van der Waals surface area (Å²) in [6, 6.07) is 16.6. The molecule has 2 aromatic carbocycles. The molecular formula is C17H18N2O2. The highest BCUT2D eigenvalue weighted by molar-refractivity contribution is 6.39. The molecular weight excluding hydrogens is 264 g/mol. The lowest BCUT2D eigenvalue weighted by molar-refractivity contribution is -0.136. The molecule has 0 radical (unpaired) electrons. The van der Waals surface area contributed by atoms with Gasteiger partial charge in [-0.05, 0) is 31.5 Å². The topological polar surface area (TPSA) is 58.2 Å². The first-order valence-electron chi connectivity index (χ1n) is 6.79. The van der Waals surface area contributed by atoms with Gasteiger partial charge in [0.25, 0.3) is 0 Å². The van der Waals surface area contributed by atoms with Crippen LogP contribution in [0.4, 0.5) is 5.69 Å². The molecule has 0 aliphatic heterocycles. The van der Waals surface area contributed by atoms with Crippen LogP contribution in [0.25, 0.3) is 0 Å². The molecule has 0 heterocycles. The third-order valence-corrected chi connectivity index (χ3v) is 3.16. The van der Waals surface area contributed by atoms with Crippen LogP contribution in [0.3, 0.4) is 0 Å². The van der Waals surface area contributed by atoms with Crippen molar-refractivity contribution in [3.8, 4) is 0 Å². The summed E-state index contributed by atoms with van der Waals surface area (Å²) >= 11 is 0. The third kappa shape index (κ3) is 4.18. The quantitative estimate of drug-likeness (QED) is 0.850. The molecule has 0 spiro atoms. The van der Waals surface area contributed by atoms with E-state index in [2.05, 4.69) is 10.6 Å². The Kier molecular flexibility index (Phi) is 4.72. The van der Waals surface area contributed by atoms with E-state index in [0.29, 0.717) is 5.69 Å². The number of hydrogen-bond acceptors (Lipinski definition) is 2. The Bertz CT molecular complexity index is 621. The highest BCUT2D eigenvalue weighted by Crippen LogP contribution is 2.11. The van der Waals surface area contributed by atoms with Crippen LogP contribution in [0.2, 0.25) is 0 Å². The number of benzene rings is 2. The molecule has 108 valence electrons. The third-order valence-electron chi connectivity index (χ3n) is 3.16. The second-order valence-electron chi connectivity index (χ2n) is 4.93. The van der Waals surface area contributed by atoms with Crippen molar-refractivity contribution in [1.82, 2.24) is 5.32 Å². The first-order chi connectivity index (χ1) is 10.1. The summed E-state index contributed by atoms with van der Waals surface area (Å²) in [7, 11) is 0. The highest BCUT2D eigenvalue weighted by atomic mass is 16.2. The zero-order valence-electron chi connectivity index (χ0n) is 12.1. The predicted molar refractivity (Wildman–Crippen MR) is 82.8 cm³/mol. The molecule has 0 saturated carbocycles. The largest absolute Gasteiger partial charge is 0.341 e. The van der Waals surface area contributed by atoms with Crippen LogP contribution < -0.4 is 10.6 Å². The van der Waals surface area contributed by atoms with Gasteiger partial charge < -0.3 is 10.6 Å². The molecule has 0 bridgehead atoms. The first kappa shape index (κ1) is 14.8. The van der Waals surface area contributed by atoms with Crippen molar-refractivity contribution in [3.05, 3.63) is 65.7 Å². The lowest BCUT2D eigenvalue weighted by Crippen LogP contribution is -2.36. The average molecular weight is 282 g/mol. The van der Waals surface area contributed by atoms with Gasteiger partial charge in [-0.15, -0.1) is 0 Å². The normalized spacial score (nSPS) is 11.5. The zero-order valence-corrected chi connectivity index (χ0v) is 12.1. The van der Waals surface area contributed by atoms with Crippen molar-refractivity contribution in [2.24, 2.45) is 0 Å². The van der Waals surface area contributed by atoms with Gasteiger partial charge in [-0.1, -0.05) is 48.0 Å². The van der Waals surface area contributed by atoms with Gasteiger partial charge in [-0.2, -0.15) is 0 Å². The molecule has 0 aliphatic carbocycles. The van der Waals surface area contributed by atoms with Gasteiger partial charge in [0.05, 0.1) is 6.04 Å². The number of amides is 2.